The minimum absolute atomic E-state index is 0.305. The van der Waals surface area contributed by atoms with Crippen molar-refractivity contribution in [3.8, 4) is 5.75 Å². The number of ether oxygens (including phenoxy) is 2. The van der Waals surface area contributed by atoms with E-state index in [0.29, 0.717) is 13.2 Å². The van der Waals surface area contributed by atoms with Crippen molar-refractivity contribution in [1.82, 2.24) is 4.98 Å². The molecule has 0 radical (unpaired) electrons. The van der Waals surface area contributed by atoms with Crippen LogP contribution in [0.2, 0.25) is 0 Å². The van der Waals surface area contributed by atoms with Crippen LogP contribution < -0.4 is 9.64 Å². The quantitative estimate of drug-likeness (QED) is 0.843. The van der Waals surface area contributed by atoms with Gasteiger partial charge >= 0.3 is 6.09 Å². The molecule has 1 aromatic carbocycles. The van der Waals surface area contributed by atoms with E-state index in [2.05, 4.69) is 4.98 Å². The minimum atomic E-state index is -0.305. The number of rotatable bonds is 2. The molecule has 3 rings (SSSR count). The fourth-order valence-electron chi connectivity index (χ4n) is 2.45. The summed E-state index contributed by atoms with van der Waals surface area (Å²) < 4.78 is 10.3. The number of hydrogen-bond acceptors (Lipinski definition) is 4. The lowest BCUT2D eigenvalue weighted by molar-refractivity contribution is 0.160. The van der Waals surface area contributed by atoms with E-state index >= 15 is 0 Å². The summed E-state index contributed by atoms with van der Waals surface area (Å²) in [7, 11) is 1.64. The predicted octanol–water partition coefficient (Wildman–Crippen LogP) is 2.76. The highest BCUT2D eigenvalue weighted by Crippen LogP contribution is 2.31. The lowest BCUT2D eigenvalue weighted by atomic mass is 10.1. The largest absolute Gasteiger partial charge is 0.497 e. The van der Waals surface area contributed by atoms with Crippen molar-refractivity contribution in [2.75, 3.05) is 25.2 Å². The second-order valence-corrected chi connectivity index (χ2v) is 4.61. The minimum Gasteiger partial charge on any atom is -0.497 e. The van der Waals surface area contributed by atoms with Gasteiger partial charge in [0.1, 0.15) is 5.75 Å². The van der Waals surface area contributed by atoms with Crippen LogP contribution in [0.3, 0.4) is 0 Å². The molecule has 1 amide bonds. The second-order valence-electron chi connectivity index (χ2n) is 4.61. The Hall–Kier alpha value is -2.30. The van der Waals surface area contributed by atoms with Crippen LogP contribution in [0.4, 0.5) is 10.5 Å². The molecule has 5 heteroatoms. The number of benzene rings is 1. The highest BCUT2D eigenvalue weighted by molar-refractivity contribution is 5.94. The Bertz CT molecular complexity index is 669. The van der Waals surface area contributed by atoms with Crippen molar-refractivity contribution < 1.29 is 14.3 Å². The number of hydrogen-bond donors (Lipinski definition) is 0. The molecular weight excluding hydrogens is 256 g/mol. The SMILES string of the molecule is CCOC(=O)N1CCc2nc3cc(OC)ccc3cc21. The fourth-order valence-corrected chi connectivity index (χ4v) is 2.45. The van der Waals surface area contributed by atoms with Gasteiger partial charge in [-0.25, -0.2) is 4.79 Å². The van der Waals surface area contributed by atoms with Gasteiger partial charge in [0.2, 0.25) is 0 Å². The molecule has 2 aromatic rings. The standard InChI is InChI=1S/C15H16N2O3/c1-3-20-15(18)17-7-6-12-14(17)8-10-4-5-11(19-2)9-13(10)16-12/h4-5,8-9H,3,6-7H2,1-2H3. The first-order valence-corrected chi connectivity index (χ1v) is 6.65. The van der Waals surface area contributed by atoms with E-state index in [4.69, 9.17) is 9.47 Å². The molecule has 0 saturated carbocycles. The van der Waals surface area contributed by atoms with Gasteiger partial charge in [-0.15, -0.1) is 0 Å². The number of pyridine rings is 1. The third-order valence-electron chi connectivity index (χ3n) is 3.43. The Labute approximate surface area is 117 Å². The second kappa shape index (κ2) is 5.00. The first-order valence-electron chi connectivity index (χ1n) is 6.65. The topological polar surface area (TPSA) is 51.7 Å². The summed E-state index contributed by atoms with van der Waals surface area (Å²) in [5, 5.41) is 0.987. The predicted molar refractivity (Wildman–Crippen MR) is 76.4 cm³/mol. The molecule has 1 aromatic heterocycles. The van der Waals surface area contributed by atoms with Crippen molar-refractivity contribution in [1.29, 1.82) is 0 Å². The van der Waals surface area contributed by atoms with Gasteiger partial charge in [-0.1, -0.05) is 0 Å². The Morgan fingerprint density at radius 3 is 3.00 bits per heavy atom. The summed E-state index contributed by atoms with van der Waals surface area (Å²) in [4.78, 5) is 18.2. The molecule has 0 unspecified atom stereocenters. The molecule has 5 nitrogen and oxygen atoms in total. The molecule has 0 N–H and O–H groups in total. The lowest BCUT2D eigenvalue weighted by Gasteiger charge is -2.16. The Balaban J connectivity index is 2.03. The van der Waals surface area contributed by atoms with Gasteiger partial charge in [0.15, 0.2) is 0 Å². The van der Waals surface area contributed by atoms with Crippen molar-refractivity contribution in [3.05, 3.63) is 30.0 Å². The normalized spacial score (nSPS) is 13.4. The molecule has 0 saturated heterocycles. The fraction of sp³-hybridized carbons (Fsp3) is 0.333. The smallest absolute Gasteiger partial charge is 0.414 e. The summed E-state index contributed by atoms with van der Waals surface area (Å²) in [5.74, 6) is 0.783. The van der Waals surface area contributed by atoms with E-state index in [9.17, 15) is 4.79 Å². The maximum absolute atomic E-state index is 11.9. The van der Waals surface area contributed by atoms with Gasteiger partial charge in [0.25, 0.3) is 0 Å². The van der Waals surface area contributed by atoms with Crippen LogP contribution in [0.25, 0.3) is 10.9 Å². The Kier molecular flexibility index (Phi) is 3.18. The van der Waals surface area contributed by atoms with Crippen LogP contribution in [0.5, 0.6) is 5.75 Å². The van der Waals surface area contributed by atoms with Crippen molar-refractivity contribution in [3.63, 3.8) is 0 Å². The maximum atomic E-state index is 11.9. The van der Waals surface area contributed by atoms with Gasteiger partial charge < -0.3 is 9.47 Å². The van der Waals surface area contributed by atoms with Crippen LogP contribution in [0.15, 0.2) is 24.3 Å². The first kappa shape index (κ1) is 12.7. The van der Waals surface area contributed by atoms with Crippen molar-refractivity contribution in [2.45, 2.75) is 13.3 Å². The zero-order valence-electron chi connectivity index (χ0n) is 11.5. The third kappa shape index (κ3) is 2.05. The van der Waals surface area contributed by atoms with E-state index in [1.165, 1.54) is 0 Å². The molecule has 20 heavy (non-hydrogen) atoms. The molecule has 0 atom stereocenters. The average Bonchev–Trinajstić information content (AvgIpc) is 2.87. The van der Waals surface area contributed by atoms with Gasteiger partial charge in [-0.3, -0.25) is 9.88 Å². The van der Waals surface area contributed by atoms with Crippen LogP contribution >= 0.6 is 0 Å². The highest BCUT2D eigenvalue weighted by Gasteiger charge is 2.27. The summed E-state index contributed by atoms with van der Waals surface area (Å²) in [6, 6.07) is 7.73. The number of methoxy groups -OCH3 is 1. The molecule has 0 bridgehead atoms. The molecule has 1 aliphatic heterocycles. The maximum Gasteiger partial charge on any atom is 0.414 e. The molecule has 104 valence electrons. The highest BCUT2D eigenvalue weighted by atomic mass is 16.6. The zero-order valence-corrected chi connectivity index (χ0v) is 11.5. The van der Waals surface area contributed by atoms with Crippen molar-refractivity contribution in [2.24, 2.45) is 0 Å². The van der Waals surface area contributed by atoms with Gasteiger partial charge in [0.05, 0.1) is 30.6 Å². The van der Waals surface area contributed by atoms with Gasteiger partial charge in [-0.2, -0.15) is 0 Å². The van der Waals surface area contributed by atoms with Crippen LogP contribution in [-0.4, -0.2) is 31.3 Å². The lowest BCUT2D eigenvalue weighted by Crippen LogP contribution is -2.29. The van der Waals surface area contributed by atoms with Crippen LogP contribution in [0, 0.1) is 0 Å². The van der Waals surface area contributed by atoms with E-state index in [1.807, 2.05) is 24.3 Å². The number of nitrogens with zero attached hydrogens (tertiary/aromatic N) is 2. The molecule has 2 heterocycles. The molecule has 0 fully saturated rings. The van der Waals surface area contributed by atoms with E-state index < -0.39 is 0 Å². The molecule has 1 aliphatic rings. The number of carbonyl (C=O) groups excluding carboxylic acids is 1. The number of amides is 1. The van der Waals surface area contributed by atoms with Crippen LogP contribution in [-0.2, 0) is 11.2 Å². The van der Waals surface area contributed by atoms with E-state index in [0.717, 1.165) is 34.5 Å². The summed E-state index contributed by atoms with van der Waals surface area (Å²) in [6.45, 7) is 2.80. The zero-order chi connectivity index (χ0) is 14.1. The van der Waals surface area contributed by atoms with E-state index in [1.54, 1.807) is 18.9 Å². The van der Waals surface area contributed by atoms with Crippen molar-refractivity contribution >= 4 is 22.7 Å². The molecule has 0 aliphatic carbocycles. The van der Waals surface area contributed by atoms with Crippen LogP contribution in [0.1, 0.15) is 12.6 Å². The first-order chi connectivity index (χ1) is 9.72. The number of anilines is 1. The average molecular weight is 272 g/mol. The Morgan fingerprint density at radius 2 is 2.25 bits per heavy atom. The Morgan fingerprint density at radius 1 is 1.40 bits per heavy atom. The van der Waals surface area contributed by atoms with Gasteiger partial charge in [-0.05, 0) is 25.1 Å². The summed E-state index contributed by atoms with van der Waals surface area (Å²) in [6.07, 6.45) is 0.447. The number of carbonyl (C=O) groups is 1. The molecular formula is C15H16N2O3. The van der Waals surface area contributed by atoms with Gasteiger partial charge in [0, 0.05) is 24.4 Å². The van der Waals surface area contributed by atoms with E-state index in [-0.39, 0.29) is 6.09 Å². The molecule has 0 spiro atoms. The monoisotopic (exact) mass is 272 g/mol. The summed E-state index contributed by atoms with van der Waals surface area (Å²) >= 11 is 0. The number of aromatic nitrogens is 1. The third-order valence-corrected chi connectivity index (χ3v) is 3.43. The summed E-state index contributed by atoms with van der Waals surface area (Å²) in [5.41, 5.74) is 2.66. The number of fused-ring (bicyclic) bond motifs is 2.